The van der Waals surface area contributed by atoms with E-state index >= 15 is 0 Å². The fraction of sp³-hybridized carbons (Fsp3) is 0.333. The van der Waals surface area contributed by atoms with Gasteiger partial charge in [0.05, 0.1) is 11.6 Å². The van der Waals surface area contributed by atoms with E-state index in [4.69, 9.17) is 9.47 Å². The Morgan fingerprint density at radius 3 is 2.87 bits per heavy atom. The van der Waals surface area contributed by atoms with E-state index in [9.17, 15) is 4.79 Å². The molecule has 1 saturated heterocycles. The number of benzene rings is 2. The number of nitrogens with one attached hydrogen (secondary N) is 1. The van der Waals surface area contributed by atoms with Gasteiger partial charge in [0.25, 0.3) is 0 Å². The molecule has 3 aromatic rings. The number of amides is 1. The molecule has 0 spiro atoms. The predicted octanol–water partition coefficient (Wildman–Crippen LogP) is 3.49. The Kier molecular flexibility index (Phi) is 5.58. The summed E-state index contributed by atoms with van der Waals surface area (Å²) in [4.78, 5) is 15.3. The van der Waals surface area contributed by atoms with Crippen LogP contribution in [-0.4, -0.2) is 46.9 Å². The number of hydrogen-bond acceptors (Lipinski definition) is 5. The van der Waals surface area contributed by atoms with Crippen molar-refractivity contribution < 1.29 is 14.3 Å². The number of aromatic nitrogens is 2. The fourth-order valence-corrected chi connectivity index (χ4v) is 4.25. The van der Waals surface area contributed by atoms with Crippen molar-refractivity contribution in [2.45, 2.75) is 19.4 Å². The molecular weight excluding hydrogens is 392 g/mol. The van der Waals surface area contributed by atoms with Crippen molar-refractivity contribution in [1.29, 1.82) is 0 Å². The molecule has 5 rings (SSSR count). The largest absolute Gasteiger partial charge is 0.486 e. The van der Waals surface area contributed by atoms with Gasteiger partial charge < -0.3 is 14.8 Å². The summed E-state index contributed by atoms with van der Waals surface area (Å²) >= 11 is 0. The van der Waals surface area contributed by atoms with Gasteiger partial charge in [-0.05, 0) is 61.3 Å². The number of hydrogen-bond donors (Lipinski definition) is 1. The molecule has 0 radical (unpaired) electrons. The zero-order valence-corrected chi connectivity index (χ0v) is 17.4. The number of ether oxygens (including phenoxy) is 2. The van der Waals surface area contributed by atoms with E-state index < -0.39 is 0 Å². The molecule has 2 aromatic carbocycles. The lowest BCUT2D eigenvalue weighted by Crippen LogP contribution is -2.40. The van der Waals surface area contributed by atoms with Gasteiger partial charge in [-0.3, -0.25) is 9.69 Å². The first-order valence-electron chi connectivity index (χ1n) is 10.8. The molecule has 1 aromatic heterocycles. The zero-order chi connectivity index (χ0) is 21.0. The monoisotopic (exact) mass is 418 g/mol. The summed E-state index contributed by atoms with van der Waals surface area (Å²) in [6, 6.07) is 15.8. The number of anilines is 1. The zero-order valence-electron chi connectivity index (χ0n) is 17.4. The van der Waals surface area contributed by atoms with Gasteiger partial charge in [0.15, 0.2) is 11.5 Å². The van der Waals surface area contributed by atoms with Crippen molar-refractivity contribution in [2.24, 2.45) is 5.92 Å². The van der Waals surface area contributed by atoms with Crippen LogP contribution >= 0.6 is 0 Å². The average Bonchev–Trinajstić information content (AvgIpc) is 3.35. The minimum Gasteiger partial charge on any atom is -0.486 e. The molecule has 1 unspecified atom stereocenters. The molecule has 160 valence electrons. The highest BCUT2D eigenvalue weighted by Gasteiger charge is 2.26. The molecule has 0 saturated carbocycles. The molecule has 1 atom stereocenters. The average molecular weight is 418 g/mol. The van der Waals surface area contributed by atoms with Crippen molar-refractivity contribution in [3.05, 3.63) is 66.5 Å². The molecule has 2 aliphatic heterocycles. The number of fused-ring (bicyclic) bond motifs is 1. The number of carbonyl (C=O) groups excluding carboxylic acids is 1. The lowest BCUT2D eigenvalue weighted by Gasteiger charge is -2.32. The first kappa shape index (κ1) is 19.6. The van der Waals surface area contributed by atoms with Crippen LogP contribution in [0.3, 0.4) is 0 Å². The van der Waals surface area contributed by atoms with Crippen LogP contribution < -0.4 is 14.8 Å². The lowest BCUT2D eigenvalue weighted by atomic mass is 9.96. The topological polar surface area (TPSA) is 68.6 Å². The maximum Gasteiger partial charge on any atom is 0.228 e. The smallest absolute Gasteiger partial charge is 0.228 e. The number of piperidine rings is 1. The van der Waals surface area contributed by atoms with E-state index in [1.807, 2.05) is 42.6 Å². The third-order valence-electron chi connectivity index (χ3n) is 5.77. The molecule has 1 amide bonds. The van der Waals surface area contributed by atoms with Crippen LogP contribution in [0.1, 0.15) is 18.4 Å². The SMILES string of the molecule is O=C(Nc1cccc(-n2cccn2)c1)C1CCCN(Cc2ccc3c(c2)OCCO3)C1. The van der Waals surface area contributed by atoms with Crippen LogP contribution in [0.4, 0.5) is 5.69 Å². The van der Waals surface area contributed by atoms with Crippen molar-refractivity contribution in [3.8, 4) is 17.2 Å². The number of rotatable bonds is 5. The Morgan fingerprint density at radius 1 is 1.10 bits per heavy atom. The van der Waals surface area contributed by atoms with Crippen molar-refractivity contribution in [2.75, 3.05) is 31.6 Å². The Bertz CT molecular complexity index is 1050. The Labute approximate surface area is 181 Å². The molecule has 3 heterocycles. The first-order valence-corrected chi connectivity index (χ1v) is 10.8. The van der Waals surface area contributed by atoms with Gasteiger partial charge in [-0.25, -0.2) is 4.68 Å². The quantitative estimate of drug-likeness (QED) is 0.687. The van der Waals surface area contributed by atoms with Gasteiger partial charge in [0.1, 0.15) is 13.2 Å². The summed E-state index contributed by atoms with van der Waals surface area (Å²) in [7, 11) is 0. The summed E-state index contributed by atoms with van der Waals surface area (Å²) in [6.45, 7) is 3.73. The maximum atomic E-state index is 13.0. The standard InChI is InChI=1S/C24H26N4O3/c29-24(26-20-5-1-6-21(15-20)28-11-3-9-25-28)19-4-2-10-27(17-19)16-18-7-8-22-23(14-18)31-13-12-30-22/h1,3,5-9,11,14-15,19H,2,4,10,12-13,16-17H2,(H,26,29). The molecule has 1 N–H and O–H groups in total. The van der Waals surface area contributed by atoms with Gasteiger partial charge >= 0.3 is 0 Å². The highest BCUT2D eigenvalue weighted by molar-refractivity contribution is 5.93. The second kappa shape index (κ2) is 8.81. The van der Waals surface area contributed by atoms with E-state index in [0.717, 1.165) is 55.3 Å². The van der Waals surface area contributed by atoms with Gasteiger partial charge in [0, 0.05) is 31.2 Å². The molecule has 1 fully saturated rings. The molecule has 0 aliphatic carbocycles. The van der Waals surface area contributed by atoms with Crippen LogP contribution in [0.15, 0.2) is 60.9 Å². The van der Waals surface area contributed by atoms with Crippen LogP contribution in [0, 0.1) is 5.92 Å². The Hall–Kier alpha value is -3.32. The Morgan fingerprint density at radius 2 is 2.00 bits per heavy atom. The van der Waals surface area contributed by atoms with Gasteiger partial charge in [-0.15, -0.1) is 0 Å². The maximum absolute atomic E-state index is 13.0. The second-order valence-corrected chi connectivity index (χ2v) is 8.04. The Balaban J connectivity index is 1.21. The molecule has 7 nitrogen and oxygen atoms in total. The summed E-state index contributed by atoms with van der Waals surface area (Å²) < 4.78 is 13.1. The third kappa shape index (κ3) is 4.56. The van der Waals surface area contributed by atoms with E-state index in [-0.39, 0.29) is 11.8 Å². The van der Waals surface area contributed by atoms with Gasteiger partial charge in [-0.1, -0.05) is 12.1 Å². The van der Waals surface area contributed by atoms with E-state index in [2.05, 4.69) is 27.4 Å². The lowest BCUT2D eigenvalue weighted by molar-refractivity contribution is -0.121. The molecular formula is C24H26N4O3. The van der Waals surface area contributed by atoms with Crippen molar-refractivity contribution in [1.82, 2.24) is 14.7 Å². The normalized spacial score (nSPS) is 18.5. The fourth-order valence-electron chi connectivity index (χ4n) is 4.25. The number of nitrogens with zero attached hydrogens (tertiary/aromatic N) is 3. The van der Waals surface area contributed by atoms with Gasteiger partial charge in [0.2, 0.25) is 5.91 Å². The number of carbonyl (C=O) groups is 1. The van der Waals surface area contributed by atoms with Crippen LogP contribution in [-0.2, 0) is 11.3 Å². The molecule has 31 heavy (non-hydrogen) atoms. The summed E-state index contributed by atoms with van der Waals surface area (Å²) in [5.41, 5.74) is 2.89. The van der Waals surface area contributed by atoms with E-state index in [1.54, 1.807) is 10.9 Å². The molecule has 0 bridgehead atoms. The summed E-state index contributed by atoms with van der Waals surface area (Å²) in [6.07, 6.45) is 5.54. The second-order valence-electron chi connectivity index (χ2n) is 8.04. The van der Waals surface area contributed by atoms with Gasteiger partial charge in [-0.2, -0.15) is 5.10 Å². The van der Waals surface area contributed by atoms with E-state index in [1.165, 1.54) is 5.56 Å². The first-order chi connectivity index (χ1) is 15.2. The van der Waals surface area contributed by atoms with Crippen LogP contribution in [0.2, 0.25) is 0 Å². The summed E-state index contributed by atoms with van der Waals surface area (Å²) in [5.74, 6) is 1.67. The van der Waals surface area contributed by atoms with Crippen molar-refractivity contribution >= 4 is 11.6 Å². The van der Waals surface area contributed by atoms with Crippen molar-refractivity contribution in [3.63, 3.8) is 0 Å². The predicted molar refractivity (Wildman–Crippen MR) is 118 cm³/mol. The minimum absolute atomic E-state index is 0.0284. The molecule has 7 heteroatoms. The van der Waals surface area contributed by atoms with Crippen LogP contribution in [0.5, 0.6) is 11.5 Å². The molecule has 2 aliphatic rings. The minimum atomic E-state index is -0.0284. The van der Waals surface area contributed by atoms with Crippen LogP contribution in [0.25, 0.3) is 5.69 Å². The number of likely N-dealkylation sites (tertiary alicyclic amines) is 1. The highest BCUT2D eigenvalue weighted by atomic mass is 16.6. The third-order valence-corrected chi connectivity index (χ3v) is 5.77. The van der Waals surface area contributed by atoms with E-state index in [0.29, 0.717) is 13.2 Å². The summed E-state index contributed by atoms with van der Waals surface area (Å²) in [5, 5.41) is 7.35. The highest BCUT2D eigenvalue weighted by Crippen LogP contribution is 2.31.